The summed E-state index contributed by atoms with van der Waals surface area (Å²) < 4.78 is 0. The molecule has 1 aromatic carbocycles. The van der Waals surface area contributed by atoms with Gasteiger partial charge < -0.3 is 5.32 Å². The molecule has 1 N–H and O–H groups in total. The van der Waals surface area contributed by atoms with Crippen molar-refractivity contribution in [2.75, 3.05) is 26.2 Å². The molecule has 5 nitrogen and oxygen atoms in total. The van der Waals surface area contributed by atoms with Crippen LogP contribution in [-0.2, 0) is 0 Å². The van der Waals surface area contributed by atoms with Crippen LogP contribution in [0.4, 0.5) is 5.69 Å². The van der Waals surface area contributed by atoms with Crippen molar-refractivity contribution < 1.29 is 4.92 Å². The van der Waals surface area contributed by atoms with Gasteiger partial charge in [0, 0.05) is 43.3 Å². The van der Waals surface area contributed by atoms with Gasteiger partial charge in [0.15, 0.2) is 0 Å². The van der Waals surface area contributed by atoms with Gasteiger partial charge in [-0.15, -0.1) is 6.58 Å². The standard InChI is InChI=1S/C13H16ClN3O2/c1-2-13(16-7-5-15-6-8-16)11-9-10(17(18)19)3-4-12(11)14/h2-4,9,13,15H,1,5-8H2/t13-/m0/s1. The van der Waals surface area contributed by atoms with Crippen LogP contribution in [0, 0.1) is 10.1 Å². The summed E-state index contributed by atoms with van der Waals surface area (Å²) in [6, 6.07) is 4.45. The quantitative estimate of drug-likeness (QED) is 0.523. The van der Waals surface area contributed by atoms with Crippen molar-refractivity contribution in [2.24, 2.45) is 0 Å². The number of nitro benzene ring substituents is 1. The molecular weight excluding hydrogens is 266 g/mol. The summed E-state index contributed by atoms with van der Waals surface area (Å²) in [5.41, 5.74) is 0.800. The average molecular weight is 282 g/mol. The molecule has 0 radical (unpaired) electrons. The fourth-order valence-corrected chi connectivity index (χ4v) is 2.53. The second-order valence-corrected chi connectivity index (χ2v) is 4.84. The van der Waals surface area contributed by atoms with Gasteiger partial charge in [0.1, 0.15) is 0 Å². The van der Waals surface area contributed by atoms with E-state index in [0.29, 0.717) is 5.02 Å². The van der Waals surface area contributed by atoms with Gasteiger partial charge in [-0.3, -0.25) is 15.0 Å². The lowest BCUT2D eigenvalue weighted by Crippen LogP contribution is -2.44. The van der Waals surface area contributed by atoms with Crippen molar-refractivity contribution in [3.8, 4) is 0 Å². The Bertz CT molecular complexity index is 487. The van der Waals surface area contributed by atoms with E-state index in [1.807, 2.05) is 0 Å². The zero-order valence-corrected chi connectivity index (χ0v) is 11.3. The summed E-state index contributed by atoms with van der Waals surface area (Å²) in [5.74, 6) is 0. The van der Waals surface area contributed by atoms with Crippen LogP contribution in [0.25, 0.3) is 0 Å². The number of benzene rings is 1. The maximum Gasteiger partial charge on any atom is 0.269 e. The molecule has 0 aliphatic carbocycles. The first-order chi connectivity index (χ1) is 9.13. The highest BCUT2D eigenvalue weighted by atomic mass is 35.5. The van der Waals surface area contributed by atoms with E-state index in [0.717, 1.165) is 31.7 Å². The summed E-state index contributed by atoms with van der Waals surface area (Å²) in [5, 5.41) is 14.7. The number of hydrogen-bond donors (Lipinski definition) is 1. The number of non-ortho nitro benzene ring substituents is 1. The highest BCUT2D eigenvalue weighted by Crippen LogP contribution is 2.31. The minimum Gasteiger partial charge on any atom is -0.314 e. The highest BCUT2D eigenvalue weighted by molar-refractivity contribution is 6.31. The van der Waals surface area contributed by atoms with Crippen LogP contribution in [-0.4, -0.2) is 36.0 Å². The zero-order valence-electron chi connectivity index (χ0n) is 10.5. The molecule has 0 spiro atoms. The SMILES string of the molecule is C=C[C@@H](c1cc([N+](=O)[O-])ccc1Cl)N1CCNCC1. The van der Waals surface area contributed by atoms with Crippen molar-refractivity contribution in [1.29, 1.82) is 0 Å². The van der Waals surface area contributed by atoms with E-state index in [4.69, 9.17) is 11.6 Å². The predicted molar refractivity (Wildman–Crippen MR) is 75.5 cm³/mol. The van der Waals surface area contributed by atoms with Gasteiger partial charge in [-0.2, -0.15) is 0 Å². The molecule has 0 unspecified atom stereocenters. The average Bonchev–Trinajstić information content (AvgIpc) is 2.42. The van der Waals surface area contributed by atoms with E-state index in [1.165, 1.54) is 12.1 Å². The predicted octanol–water partition coefficient (Wildman–Crippen LogP) is 2.38. The molecule has 1 aliphatic rings. The normalized spacial score (nSPS) is 17.9. The van der Waals surface area contributed by atoms with E-state index in [2.05, 4.69) is 16.8 Å². The Morgan fingerprint density at radius 2 is 2.16 bits per heavy atom. The third kappa shape index (κ3) is 3.12. The maximum atomic E-state index is 10.9. The summed E-state index contributed by atoms with van der Waals surface area (Å²) in [6.45, 7) is 7.38. The molecule has 1 saturated heterocycles. The molecule has 0 amide bonds. The molecule has 1 atom stereocenters. The van der Waals surface area contributed by atoms with E-state index < -0.39 is 4.92 Å². The Morgan fingerprint density at radius 3 is 2.74 bits per heavy atom. The molecule has 19 heavy (non-hydrogen) atoms. The molecule has 1 heterocycles. The van der Waals surface area contributed by atoms with E-state index in [1.54, 1.807) is 12.1 Å². The Labute approximate surface area is 117 Å². The number of rotatable bonds is 4. The van der Waals surface area contributed by atoms with Crippen LogP contribution in [0.3, 0.4) is 0 Å². The Balaban J connectivity index is 2.33. The largest absolute Gasteiger partial charge is 0.314 e. The van der Waals surface area contributed by atoms with Crippen molar-refractivity contribution >= 4 is 17.3 Å². The number of nitrogens with one attached hydrogen (secondary N) is 1. The number of piperazine rings is 1. The first kappa shape index (κ1) is 14.0. The maximum absolute atomic E-state index is 10.9. The molecule has 6 heteroatoms. The van der Waals surface area contributed by atoms with Crippen LogP contribution in [0.2, 0.25) is 5.02 Å². The number of nitrogens with zero attached hydrogens (tertiary/aromatic N) is 2. The Kier molecular flexibility index (Phi) is 4.52. The minimum atomic E-state index is -0.405. The van der Waals surface area contributed by atoms with Crippen LogP contribution in [0.1, 0.15) is 11.6 Å². The van der Waals surface area contributed by atoms with Crippen molar-refractivity contribution in [3.05, 3.63) is 51.6 Å². The Hall–Kier alpha value is -1.43. The summed E-state index contributed by atoms with van der Waals surface area (Å²) in [4.78, 5) is 12.7. The molecule has 102 valence electrons. The van der Waals surface area contributed by atoms with Gasteiger partial charge in [0.2, 0.25) is 0 Å². The molecule has 1 aliphatic heterocycles. The van der Waals surface area contributed by atoms with Gasteiger partial charge in [-0.1, -0.05) is 17.7 Å². The van der Waals surface area contributed by atoms with Crippen LogP contribution >= 0.6 is 11.6 Å². The third-order valence-electron chi connectivity index (χ3n) is 3.28. The van der Waals surface area contributed by atoms with E-state index in [9.17, 15) is 10.1 Å². The Morgan fingerprint density at radius 1 is 1.47 bits per heavy atom. The lowest BCUT2D eigenvalue weighted by Gasteiger charge is -2.33. The first-order valence-electron chi connectivity index (χ1n) is 6.14. The summed E-state index contributed by atoms with van der Waals surface area (Å²) >= 11 is 6.18. The van der Waals surface area contributed by atoms with Crippen LogP contribution in [0.15, 0.2) is 30.9 Å². The second kappa shape index (κ2) is 6.14. The fraction of sp³-hybridized carbons (Fsp3) is 0.385. The smallest absolute Gasteiger partial charge is 0.269 e. The lowest BCUT2D eigenvalue weighted by molar-refractivity contribution is -0.384. The van der Waals surface area contributed by atoms with Crippen LogP contribution in [0.5, 0.6) is 0 Å². The van der Waals surface area contributed by atoms with E-state index in [-0.39, 0.29) is 11.7 Å². The van der Waals surface area contributed by atoms with Gasteiger partial charge in [0.25, 0.3) is 5.69 Å². The molecule has 0 aromatic heterocycles. The van der Waals surface area contributed by atoms with Gasteiger partial charge in [0.05, 0.1) is 11.0 Å². The van der Waals surface area contributed by atoms with E-state index >= 15 is 0 Å². The molecule has 1 fully saturated rings. The number of hydrogen-bond acceptors (Lipinski definition) is 4. The van der Waals surface area contributed by atoms with Crippen LogP contribution < -0.4 is 5.32 Å². The zero-order chi connectivity index (χ0) is 13.8. The minimum absolute atomic E-state index is 0.0568. The summed E-state index contributed by atoms with van der Waals surface area (Å²) in [7, 11) is 0. The van der Waals surface area contributed by atoms with Crippen molar-refractivity contribution in [1.82, 2.24) is 10.2 Å². The molecular formula is C13H16ClN3O2. The van der Waals surface area contributed by atoms with Gasteiger partial charge >= 0.3 is 0 Å². The molecule has 1 aromatic rings. The monoisotopic (exact) mass is 281 g/mol. The third-order valence-corrected chi connectivity index (χ3v) is 3.62. The van der Waals surface area contributed by atoms with Gasteiger partial charge in [-0.25, -0.2) is 0 Å². The van der Waals surface area contributed by atoms with Crippen molar-refractivity contribution in [2.45, 2.75) is 6.04 Å². The first-order valence-corrected chi connectivity index (χ1v) is 6.52. The fourth-order valence-electron chi connectivity index (χ4n) is 2.30. The van der Waals surface area contributed by atoms with Crippen molar-refractivity contribution in [3.63, 3.8) is 0 Å². The molecule has 0 saturated carbocycles. The number of halogens is 1. The summed E-state index contributed by atoms with van der Waals surface area (Å²) in [6.07, 6.45) is 1.79. The topological polar surface area (TPSA) is 58.4 Å². The molecule has 0 bridgehead atoms. The highest BCUT2D eigenvalue weighted by Gasteiger charge is 2.23. The molecule has 2 rings (SSSR count). The number of nitro groups is 1. The second-order valence-electron chi connectivity index (χ2n) is 4.43. The lowest BCUT2D eigenvalue weighted by atomic mass is 10.0. The van der Waals surface area contributed by atoms with Gasteiger partial charge in [-0.05, 0) is 11.6 Å².